The lowest BCUT2D eigenvalue weighted by molar-refractivity contribution is 0.00272. The highest BCUT2D eigenvalue weighted by Crippen LogP contribution is 2.29. The van der Waals surface area contributed by atoms with Crippen LogP contribution in [0.3, 0.4) is 0 Å². The van der Waals surface area contributed by atoms with Crippen LogP contribution < -0.4 is 10.1 Å². The number of halogens is 1. The number of aliphatic hydroxyl groups is 1. The monoisotopic (exact) mass is 269 g/mol. The lowest BCUT2D eigenvalue weighted by Gasteiger charge is -2.32. The maximum absolute atomic E-state index is 10.5. The molecule has 18 heavy (non-hydrogen) atoms. The van der Waals surface area contributed by atoms with Crippen molar-refractivity contribution in [1.82, 2.24) is 5.32 Å². The van der Waals surface area contributed by atoms with Crippen molar-refractivity contribution in [2.75, 3.05) is 20.2 Å². The Balaban J connectivity index is 2.02. The molecule has 0 amide bonds. The third-order valence-corrected chi connectivity index (χ3v) is 3.87. The number of benzene rings is 1. The van der Waals surface area contributed by atoms with Gasteiger partial charge in [0.2, 0.25) is 0 Å². The standard InChI is InChI=1S/C14H20ClNO2/c1-18-13-3-2-12(15)10-11(13)4-5-14(17)6-8-16-9-7-14/h2-3,10,16-17H,4-9H2,1H3. The number of aryl methyl sites for hydroxylation is 1. The highest BCUT2D eigenvalue weighted by Gasteiger charge is 2.28. The largest absolute Gasteiger partial charge is 0.496 e. The first-order chi connectivity index (χ1) is 8.63. The average molecular weight is 270 g/mol. The van der Waals surface area contributed by atoms with Crippen molar-refractivity contribution >= 4 is 11.6 Å². The second-order valence-corrected chi connectivity index (χ2v) is 5.37. The van der Waals surface area contributed by atoms with Crippen LogP contribution >= 0.6 is 11.6 Å². The Morgan fingerprint density at radius 1 is 1.39 bits per heavy atom. The van der Waals surface area contributed by atoms with Crippen molar-refractivity contribution in [1.29, 1.82) is 0 Å². The van der Waals surface area contributed by atoms with E-state index in [1.807, 2.05) is 18.2 Å². The Morgan fingerprint density at radius 3 is 2.78 bits per heavy atom. The molecule has 1 heterocycles. The normalized spacial score (nSPS) is 18.6. The summed E-state index contributed by atoms with van der Waals surface area (Å²) in [4.78, 5) is 0. The van der Waals surface area contributed by atoms with Crippen LogP contribution in [-0.2, 0) is 6.42 Å². The van der Waals surface area contributed by atoms with Crippen LogP contribution in [0.1, 0.15) is 24.8 Å². The van der Waals surface area contributed by atoms with Crippen molar-refractivity contribution in [3.63, 3.8) is 0 Å². The number of nitrogens with one attached hydrogen (secondary N) is 1. The quantitative estimate of drug-likeness (QED) is 0.882. The molecule has 0 spiro atoms. The summed E-state index contributed by atoms with van der Waals surface area (Å²) in [6, 6.07) is 5.62. The minimum atomic E-state index is -0.543. The van der Waals surface area contributed by atoms with E-state index in [2.05, 4.69) is 5.32 Å². The summed E-state index contributed by atoms with van der Waals surface area (Å²) >= 11 is 6.00. The van der Waals surface area contributed by atoms with Gasteiger partial charge in [-0.1, -0.05) is 11.6 Å². The Hall–Kier alpha value is -0.770. The van der Waals surface area contributed by atoms with Gasteiger partial charge in [0.15, 0.2) is 0 Å². The maximum Gasteiger partial charge on any atom is 0.122 e. The van der Waals surface area contributed by atoms with Crippen molar-refractivity contribution < 1.29 is 9.84 Å². The number of piperidine rings is 1. The van der Waals surface area contributed by atoms with E-state index < -0.39 is 5.60 Å². The number of hydrogen-bond donors (Lipinski definition) is 2. The summed E-state index contributed by atoms with van der Waals surface area (Å²) in [6.45, 7) is 1.78. The molecule has 1 aliphatic rings. The van der Waals surface area contributed by atoms with Gasteiger partial charge in [-0.3, -0.25) is 0 Å². The molecule has 4 heteroatoms. The SMILES string of the molecule is COc1ccc(Cl)cc1CCC1(O)CCNCC1. The van der Waals surface area contributed by atoms with Gasteiger partial charge in [0, 0.05) is 5.02 Å². The number of hydrogen-bond acceptors (Lipinski definition) is 3. The molecule has 3 nitrogen and oxygen atoms in total. The van der Waals surface area contributed by atoms with Crippen LogP contribution in [-0.4, -0.2) is 30.9 Å². The van der Waals surface area contributed by atoms with Crippen LogP contribution in [0.2, 0.25) is 5.02 Å². The van der Waals surface area contributed by atoms with Crippen LogP contribution in [0.25, 0.3) is 0 Å². The van der Waals surface area contributed by atoms with E-state index in [4.69, 9.17) is 16.3 Å². The van der Waals surface area contributed by atoms with Crippen LogP contribution in [0.15, 0.2) is 18.2 Å². The molecule has 0 aromatic heterocycles. The lowest BCUT2D eigenvalue weighted by atomic mass is 9.86. The predicted octanol–water partition coefficient (Wildman–Crippen LogP) is 2.40. The molecule has 1 aromatic carbocycles. The van der Waals surface area contributed by atoms with Gasteiger partial charge in [-0.05, 0) is 62.5 Å². The minimum absolute atomic E-state index is 0.543. The summed E-state index contributed by atoms with van der Waals surface area (Å²) in [5.74, 6) is 0.844. The summed E-state index contributed by atoms with van der Waals surface area (Å²) in [5, 5.41) is 14.4. The molecular weight excluding hydrogens is 250 g/mol. The fraction of sp³-hybridized carbons (Fsp3) is 0.571. The molecule has 0 atom stereocenters. The molecule has 0 aliphatic carbocycles. The number of ether oxygens (including phenoxy) is 1. The van der Waals surface area contributed by atoms with Gasteiger partial charge in [0.25, 0.3) is 0 Å². The summed E-state index contributed by atoms with van der Waals surface area (Å²) in [6.07, 6.45) is 3.18. The Morgan fingerprint density at radius 2 is 2.11 bits per heavy atom. The highest BCUT2D eigenvalue weighted by atomic mass is 35.5. The van der Waals surface area contributed by atoms with Crippen molar-refractivity contribution in [3.05, 3.63) is 28.8 Å². The molecule has 0 saturated carbocycles. The second-order valence-electron chi connectivity index (χ2n) is 4.93. The zero-order valence-electron chi connectivity index (χ0n) is 10.7. The Bertz CT molecular complexity index is 403. The van der Waals surface area contributed by atoms with Gasteiger partial charge in [-0.15, -0.1) is 0 Å². The molecule has 1 saturated heterocycles. The van der Waals surface area contributed by atoms with Gasteiger partial charge in [0.1, 0.15) is 5.75 Å². The number of rotatable bonds is 4. The van der Waals surface area contributed by atoms with E-state index in [1.165, 1.54) is 0 Å². The van der Waals surface area contributed by atoms with Gasteiger partial charge < -0.3 is 15.2 Å². The van der Waals surface area contributed by atoms with Gasteiger partial charge >= 0.3 is 0 Å². The average Bonchev–Trinajstić information content (AvgIpc) is 2.38. The first kappa shape index (κ1) is 13.7. The number of methoxy groups -OCH3 is 1. The van der Waals surface area contributed by atoms with E-state index in [1.54, 1.807) is 7.11 Å². The maximum atomic E-state index is 10.5. The van der Waals surface area contributed by atoms with E-state index in [9.17, 15) is 5.11 Å². The van der Waals surface area contributed by atoms with Gasteiger partial charge in [-0.25, -0.2) is 0 Å². The molecular formula is C14H20ClNO2. The van der Waals surface area contributed by atoms with E-state index in [-0.39, 0.29) is 0 Å². The first-order valence-corrected chi connectivity index (χ1v) is 6.76. The molecule has 0 unspecified atom stereocenters. The fourth-order valence-electron chi connectivity index (χ4n) is 2.45. The fourth-order valence-corrected chi connectivity index (χ4v) is 2.65. The summed E-state index contributed by atoms with van der Waals surface area (Å²) < 4.78 is 5.32. The smallest absolute Gasteiger partial charge is 0.122 e. The van der Waals surface area contributed by atoms with Gasteiger partial charge in [0.05, 0.1) is 12.7 Å². The second kappa shape index (κ2) is 5.91. The van der Waals surface area contributed by atoms with Crippen LogP contribution in [0.5, 0.6) is 5.75 Å². The molecule has 2 N–H and O–H groups in total. The Labute approximate surface area is 113 Å². The third kappa shape index (κ3) is 3.37. The predicted molar refractivity (Wildman–Crippen MR) is 73.4 cm³/mol. The van der Waals surface area contributed by atoms with Crippen molar-refractivity contribution in [3.8, 4) is 5.75 Å². The molecule has 100 valence electrons. The first-order valence-electron chi connectivity index (χ1n) is 6.38. The molecule has 1 aliphatic heterocycles. The third-order valence-electron chi connectivity index (χ3n) is 3.64. The minimum Gasteiger partial charge on any atom is -0.496 e. The zero-order valence-corrected chi connectivity index (χ0v) is 11.5. The zero-order chi connectivity index (χ0) is 13.0. The van der Waals surface area contributed by atoms with E-state index >= 15 is 0 Å². The molecule has 1 fully saturated rings. The molecule has 0 radical (unpaired) electrons. The lowest BCUT2D eigenvalue weighted by Crippen LogP contribution is -2.42. The topological polar surface area (TPSA) is 41.5 Å². The molecule has 2 rings (SSSR count). The Kier molecular flexibility index (Phi) is 4.49. The summed E-state index contributed by atoms with van der Waals surface area (Å²) in [5.41, 5.74) is 0.524. The molecule has 1 aromatic rings. The van der Waals surface area contributed by atoms with Crippen molar-refractivity contribution in [2.24, 2.45) is 0 Å². The van der Waals surface area contributed by atoms with Crippen LogP contribution in [0, 0.1) is 0 Å². The van der Waals surface area contributed by atoms with E-state index in [0.717, 1.165) is 50.1 Å². The summed E-state index contributed by atoms with van der Waals surface area (Å²) in [7, 11) is 1.66. The van der Waals surface area contributed by atoms with E-state index in [0.29, 0.717) is 5.02 Å². The van der Waals surface area contributed by atoms with Gasteiger partial charge in [-0.2, -0.15) is 0 Å². The van der Waals surface area contributed by atoms with Crippen LogP contribution in [0.4, 0.5) is 0 Å². The highest BCUT2D eigenvalue weighted by molar-refractivity contribution is 6.30. The molecule has 0 bridgehead atoms. The van der Waals surface area contributed by atoms with Crippen molar-refractivity contribution in [2.45, 2.75) is 31.3 Å².